The highest BCUT2D eigenvalue weighted by molar-refractivity contribution is 5.92. The molecule has 0 spiro atoms. The van der Waals surface area contributed by atoms with Crippen molar-refractivity contribution in [2.24, 2.45) is 4.99 Å². The Hall–Kier alpha value is -3.08. The fourth-order valence-corrected chi connectivity index (χ4v) is 4.20. The van der Waals surface area contributed by atoms with Crippen molar-refractivity contribution < 1.29 is 9.59 Å². The van der Waals surface area contributed by atoms with Crippen LogP contribution >= 0.6 is 0 Å². The molecule has 0 bridgehead atoms. The van der Waals surface area contributed by atoms with Crippen LogP contribution in [0.15, 0.2) is 29.3 Å². The molecule has 2 amide bonds. The number of hydrogen-bond donors (Lipinski definition) is 2. The van der Waals surface area contributed by atoms with E-state index in [2.05, 4.69) is 46.8 Å². The minimum absolute atomic E-state index is 0.0228. The molecule has 3 rings (SSSR count). The van der Waals surface area contributed by atoms with E-state index in [0.29, 0.717) is 25.5 Å². The van der Waals surface area contributed by atoms with Gasteiger partial charge in [-0.3, -0.25) is 19.9 Å². The van der Waals surface area contributed by atoms with E-state index >= 15 is 0 Å². The zero-order chi connectivity index (χ0) is 22.8. The summed E-state index contributed by atoms with van der Waals surface area (Å²) < 4.78 is 0. The number of amides is 2. The number of nitrogens with zero attached hydrogens (tertiary/aromatic N) is 4. The summed E-state index contributed by atoms with van der Waals surface area (Å²) in [6, 6.07) is 7.95. The standard InChI is InChI=1S/C24H34N6O2/c1-2-19-8-10-20(11-9-19)12-13-26-24(27-18-25)28-21-7-3-4-16-30(23(21)32)17-22(31)29-14-5-6-15-29/h8-11,21H,2-7,12-17H2,1H3,(H2,26,27,28). The third kappa shape index (κ3) is 6.71. The molecule has 1 aromatic carbocycles. The lowest BCUT2D eigenvalue weighted by atomic mass is 10.1. The van der Waals surface area contributed by atoms with Crippen LogP contribution in [-0.4, -0.2) is 66.3 Å². The second-order valence-corrected chi connectivity index (χ2v) is 8.43. The lowest BCUT2D eigenvalue weighted by Crippen LogP contribution is -2.52. The summed E-state index contributed by atoms with van der Waals surface area (Å²) in [5, 5.41) is 14.8. The summed E-state index contributed by atoms with van der Waals surface area (Å²) >= 11 is 0. The highest BCUT2D eigenvalue weighted by Gasteiger charge is 2.30. The summed E-state index contributed by atoms with van der Waals surface area (Å²) in [6.45, 7) is 4.91. The normalized spacial score (nSPS) is 19.4. The van der Waals surface area contributed by atoms with Gasteiger partial charge in [0.15, 0.2) is 6.19 Å². The maximum atomic E-state index is 13.1. The van der Waals surface area contributed by atoms with Crippen LogP contribution in [0.5, 0.6) is 0 Å². The van der Waals surface area contributed by atoms with E-state index in [4.69, 9.17) is 5.26 Å². The van der Waals surface area contributed by atoms with Crippen LogP contribution in [0.3, 0.4) is 0 Å². The number of hydrogen-bond acceptors (Lipinski definition) is 4. The topological polar surface area (TPSA) is 101 Å². The SMILES string of the molecule is CCc1ccc(CCN=C(NC#N)NC2CCCCN(CC(=O)N3CCCC3)C2=O)cc1. The van der Waals surface area contributed by atoms with Gasteiger partial charge in [-0.05, 0) is 56.1 Å². The van der Waals surface area contributed by atoms with Crippen molar-refractivity contribution in [3.8, 4) is 6.19 Å². The Morgan fingerprint density at radius 1 is 1.12 bits per heavy atom. The molecule has 2 N–H and O–H groups in total. The molecule has 1 atom stereocenters. The summed E-state index contributed by atoms with van der Waals surface area (Å²) in [6.07, 6.45) is 8.12. The average molecular weight is 439 g/mol. The molecule has 8 nitrogen and oxygen atoms in total. The van der Waals surface area contributed by atoms with Crippen molar-refractivity contribution in [3.63, 3.8) is 0 Å². The third-order valence-corrected chi connectivity index (χ3v) is 6.15. The molecule has 2 aliphatic heterocycles. The van der Waals surface area contributed by atoms with Gasteiger partial charge in [-0.1, -0.05) is 31.2 Å². The van der Waals surface area contributed by atoms with Crippen molar-refractivity contribution in [1.29, 1.82) is 5.26 Å². The number of aliphatic imine (C=N–C) groups is 1. The molecule has 32 heavy (non-hydrogen) atoms. The van der Waals surface area contributed by atoms with E-state index in [1.807, 2.05) is 11.1 Å². The first-order valence-electron chi connectivity index (χ1n) is 11.7. The Morgan fingerprint density at radius 2 is 1.81 bits per heavy atom. The van der Waals surface area contributed by atoms with E-state index in [-0.39, 0.29) is 18.4 Å². The Bertz CT molecular complexity index is 839. The quantitative estimate of drug-likeness (QED) is 0.293. The average Bonchev–Trinajstić information content (AvgIpc) is 3.30. The van der Waals surface area contributed by atoms with Crippen LogP contribution in [0.25, 0.3) is 0 Å². The molecule has 2 heterocycles. The van der Waals surface area contributed by atoms with E-state index in [1.54, 1.807) is 4.90 Å². The molecule has 2 aliphatic rings. The molecule has 0 aromatic heterocycles. The van der Waals surface area contributed by atoms with Crippen molar-refractivity contribution in [1.82, 2.24) is 20.4 Å². The molecule has 172 valence electrons. The first kappa shape index (κ1) is 23.6. The van der Waals surface area contributed by atoms with Crippen LogP contribution in [-0.2, 0) is 22.4 Å². The molecule has 0 radical (unpaired) electrons. The molecule has 1 aromatic rings. The summed E-state index contributed by atoms with van der Waals surface area (Å²) in [5.74, 6) is 0.232. The summed E-state index contributed by atoms with van der Waals surface area (Å²) in [5.41, 5.74) is 2.48. The molecule has 0 aliphatic carbocycles. The van der Waals surface area contributed by atoms with Crippen LogP contribution in [0.2, 0.25) is 0 Å². The van der Waals surface area contributed by atoms with Crippen LogP contribution in [0, 0.1) is 11.5 Å². The highest BCUT2D eigenvalue weighted by Crippen LogP contribution is 2.14. The first-order chi connectivity index (χ1) is 15.6. The number of aryl methyl sites for hydroxylation is 1. The van der Waals surface area contributed by atoms with E-state index in [0.717, 1.165) is 51.6 Å². The number of rotatable bonds is 7. The molecule has 2 saturated heterocycles. The Morgan fingerprint density at radius 3 is 2.50 bits per heavy atom. The largest absolute Gasteiger partial charge is 0.344 e. The highest BCUT2D eigenvalue weighted by atomic mass is 16.2. The minimum atomic E-state index is -0.493. The number of nitrogens with one attached hydrogen (secondary N) is 2. The second kappa shape index (κ2) is 12.1. The van der Waals surface area contributed by atoms with E-state index in [9.17, 15) is 9.59 Å². The number of guanidine groups is 1. The van der Waals surface area contributed by atoms with Gasteiger partial charge >= 0.3 is 0 Å². The zero-order valence-electron chi connectivity index (χ0n) is 19.0. The molecular weight excluding hydrogens is 404 g/mol. The van der Waals surface area contributed by atoms with Crippen molar-refractivity contribution >= 4 is 17.8 Å². The lowest BCUT2D eigenvalue weighted by Gasteiger charge is -2.27. The summed E-state index contributed by atoms with van der Waals surface area (Å²) in [7, 11) is 0. The monoisotopic (exact) mass is 438 g/mol. The predicted octanol–water partition coefficient (Wildman–Crippen LogP) is 1.81. The van der Waals surface area contributed by atoms with Crippen molar-refractivity contribution in [3.05, 3.63) is 35.4 Å². The van der Waals surface area contributed by atoms with Crippen LogP contribution in [0.1, 0.15) is 50.2 Å². The van der Waals surface area contributed by atoms with Gasteiger partial charge in [-0.2, -0.15) is 5.26 Å². The second-order valence-electron chi connectivity index (χ2n) is 8.43. The zero-order valence-corrected chi connectivity index (χ0v) is 19.0. The van der Waals surface area contributed by atoms with E-state index < -0.39 is 6.04 Å². The van der Waals surface area contributed by atoms with Gasteiger partial charge in [-0.25, -0.2) is 0 Å². The fourth-order valence-electron chi connectivity index (χ4n) is 4.20. The third-order valence-electron chi connectivity index (χ3n) is 6.15. The van der Waals surface area contributed by atoms with Gasteiger partial charge in [0.1, 0.15) is 6.04 Å². The van der Waals surface area contributed by atoms with Gasteiger partial charge in [-0.15, -0.1) is 0 Å². The minimum Gasteiger partial charge on any atom is -0.344 e. The fraction of sp³-hybridized carbons (Fsp3) is 0.583. The number of nitriles is 1. The maximum absolute atomic E-state index is 13.1. The van der Waals surface area contributed by atoms with Gasteiger partial charge in [0.05, 0.1) is 6.54 Å². The Balaban J connectivity index is 1.58. The maximum Gasteiger partial charge on any atom is 0.245 e. The molecular formula is C24H34N6O2. The molecule has 2 fully saturated rings. The van der Waals surface area contributed by atoms with Gasteiger partial charge < -0.3 is 15.1 Å². The summed E-state index contributed by atoms with van der Waals surface area (Å²) in [4.78, 5) is 33.7. The number of benzene rings is 1. The molecule has 8 heteroatoms. The number of carbonyl (C=O) groups excluding carboxylic acids is 2. The number of carbonyl (C=O) groups is 2. The predicted molar refractivity (Wildman–Crippen MR) is 124 cm³/mol. The van der Waals surface area contributed by atoms with Crippen molar-refractivity contribution in [2.75, 3.05) is 32.7 Å². The van der Waals surface area contributed by atoms with Crippen molar-refractivity contribution in [2.45, 2.75) is 57.9 Å². The lowest BCUT2D eigenvalue weighted by molar-refractivity contribution is -0.140. The van der Waals surface area contributed by atoms with Crippen LogP contribution < -0.4 is 10.6 Å². The van der Waals surface area contributed by atoms with Crippen LogP contribution in [0.4, 0.5) is 0 Å². The van der Waals surface area contributed by atoms with Gasteiger partial charge in [0.25, 0.3) is 0 Å². The van der Waals surface area contributed by atoms with Gasteiger partial charge in [0.2, 0.25) is 17.8 Å². The molecule has 0 saturated carbocycles. The first-order valence-corrected chi connectivity index (χ1v) is 11.7. The Kier molecular flexibility index (Phi) is 8.90. The van der Waals surface area contributed by atoms with E-state index in [1.165, 1.54) is 11.1 Å². The molecule has 1 unspecified atom stereocenters. The smallest absolute Gasteiger partial charge is 0.245 e. The number of likely N-dealkylation sites (tertiary alicyclic amines) is 2. The van der Waals surface area contributed by atoms with Gasteiger partial charge in [0, 0.05) is 26.2 Å². The Labute approximate surface area is 190 Å².